The van der Waals surface area contributed by atoms with Crippen LogP contribution in [-0.4, -0.2) is 170 Å². The molecule has 2 aliphatic rings. The van der Waals surface area contributed by atoms with Gasteiger partial charge in [-0.25, -0.2) is 4.79 Å². The Morgan fingerprint density at radius 1 is 0.612 bits per heavy atom. The Morgan fingerprint density at radius 2 is 1.07 bits per heavy atom. The topological polar surface area (TPSA) is 339 Å². The number of hydrogen-bond donors (Lipinski definition) is 11. The van der Waals surface area contributed by atoms with E-state index in [0.29, 0.717) is 12.8 Å². The number of hydrogen-bond acceptors (Lipinski definition) is 13. The summed E-state index contributed by atoms with van der Waals surface area (Å²) in [6.07, 6.45) is -0.110. The zero-order valence-electron chi connectivity index (χ0n) is 39.4. The molecule has 0 spiro atoms. The van der Waals surface area contributed by atoms with Gasteiger partial charge in [-0.05, 0) is 68.8 Å². The Morgan fingerprint density at radius 3 is 1.54 bits per heavy atom. The summed E-state index contributed by atoms with van der Waals surface area (Å²) in [6, 6.07) is -2.73. The van der Waals surface area contributed by atoms with Crippen molar-refractivity contribution >= 4 is 53.2 Å². The molecule has 2 fully saturated rings. The van der Waals surface area contributed by atoms with E-state index in [2.05, 4.69) is 31.9 Å². The lowest BCUT2D eigenvalue weighted by molar-refractivity contribution is -0.146. The first-order valence-electron chi connectivity index (χ1n) is 22.9. The summed E-state index contributed by atoms with van der Waals surface area (Å²) in [6.45, 7) is 9.68. The number of carboxylic acids is 1. The van der Waals surface area contributed by atoms with Gasteiger partial charge in [-0.1, -0.05) is 71.9 Å². The number of aliphatic hydroxyl groups is 3. The van der Waals surface area contributed by atoms with Gasteiger partial charge in [-0.2, -0.15) is 0 Å². The van der Waals surface area contributed by atoms with E-state index in [1.807, 2.05) is 6.07 Å². The predicted octanol–water partition coefficient (Wildman–Crippen LogP) is -2.74. The van der Waals surface area contributed by atoms with Gasteiger partial charge in [0.2, 0.25) is 47.3 Å². The molecule has 1 aromatic carbocycles. The van der Waals surface area contributed by atoms with E-state index in [9.17, 15) is 63.6 Å². The number of carbonyl (C=O) groups excluding carboxylic acids is 8. The van der Waals surface area contributed by atoms with Crippen LogP contribution in [0.2, 0.25) is 0 Å². The number of aliphatic hydroxyl groups excluding tert-OH is 3. The van der Waals surface area contributed by atoms with Gasteiger partial charge in [-0.3, -0.25) is 38.4 Å². The molecule has 0 aliphatic carbocycles. The summed E-state index contributed by atoms with van der Waals surface area (Å²) in [7, 11) is 0. The number of carboxylic acid groups (broad SMARTS) is 1. The third-order valence-corrected chi connectivity index (χ3v) is 11.8. The van der Waals surface area contributed by atoms with Gasteiger partial charge >= 0.3 is 5.97 Å². The van der Waals surface area contributed by atoms with E-state index in [-0.39, 0.29) is 44.7 Å². The van der Waals surface area contributed by atoms with Crippen LogP contribution >= 0.6 is 0 Å². The Balaban J connectivity index is 1.68. The van der Waals surface area contributed by atoms with E-state index < -0.39 is 139 Å². The van der Waals surface area contributed by atoms with Crippen molar-refractivity contribution in [2.45, 2.75) is 147 Å². The lowest BCUT2D eigenvalue weighted by Crippen LogP contribution is -2.62. The second-order valence-electron chi connectivity index (χ2n) is 18.4. The largest absolute Gasteiger partial charge is 0.480 e. The first-order chi connectivity index (χ1) is 31.5. The minimum absolute atomic E-state index is 0.00288. The van der Waals surface area contributed by atoms with Crippen LogP contribution in [0.3, 0.4) is 0 Å². The van der Waals surface area contributed by atoms with Crippen molar-refractivity contribution in [1.82, 2.24) is 41.7 Å². The highest BCUT2D eigenvalue weighted by atomic mass is 16.4. The highest BCUT2D eigenvalue weighted by molar-refractivity contribution is 5.98. The van der Waals surface area contributed by atoms with E-state index >= 15 is 0 Å². The van der Waals surface area contributed by atoms with E-state index in [1.165, 1.54) is 11.8 Å². The molecule has 2 saturated heterocycles. The van der Waals surface area contributed by atoms with Crippen molar-refractivity contribution in [3.8, 4) is 0 Å². The third kappa shape index (κ3) is 15.7. The monoisotopic (exact) mass is 946 g/mol. The van der Waals surface area contributed by atoms with Gasteiger partial charge in [0.15, 0.2) is 0 Å². The summed E-state index contributed by atoms with van der Waals surface area (Å²) < 4.78 is 0. The molecule has 12 N–H and O–H groups in total. The first kappa shape index (κ1) is 55.6. The maximum Gasteiger partial charge on any atom is 0.326 e. The fourth-order valence-electron chi connectivity index (χ4n) is 8.05. The normalized spacial score (nSPS) is 19.6. The minimum Gasteiger partial charge on any atom is -0.480 e. The molecular weight excluding hydrogens is 875 g/mol. The number of likely N-dealkylation sites (tertiary alicyclic amines) is 2. The van der Waals surface area contributed by atoms with Crippen LogP contribution in [0, 0.1) is 17.8 Å². The summed E-state index contributed by atoms with van der Waals surface area (Å²) in [4.78, 5) is 122. The number of nitrogens with two attached hydrogens (primary N) is 1. The van der Waals surface area contributed by atoms with Crippen LogP contribution in [0.15, 0.2) is 30.3 Å². The zero-order valence-corrected chi connectivity index (χ0v) is 39.4. The average Bonchev–Trinajstić information content (AvgIpc) is 3.97. The highest BCUT2D eigenvalue weighted by Crippen LogP contribution is 2.22. The smallest absolute Gasteiger partial charge is 0.326 e. The molecule has 8 amide bonds. The van der Waals surface area contributed by atoms with Gasteiger partial charge in [0.1, 0.15) is 48.3 Å². The average molecular weight is 946 g/mol. The summed E-state index contributed by atoms with van der Waals surface area (Å²) in [5, 5.41) is 55.5. The number of nitrogens with zero attached hydrogens (tertiary/aromatic N) is 2. The number of aliphatic carboxylic acids is 1. The van der Waals surface area contributed by atoms with E-state index in [1.54, 1.807) is 65.8 Å². The van der Waals surface area contributed by atoms with Crippen LogP contribution in [0.25, 0.3) is 0 Å². The molecule has 374 valence electrons. The maximum absolute atomic E-state index is 14.0. The number of amides is 8. The van der Waals surface area contributed by atoms with Crippen LogP contribution < -0.4 is 37.6 Å². The predicted molar refractivity (Wildman–Crippen MR) is 242 cm³/mol. The van der Waals surface area contributed by atoms with Crippen molar-refractivity contribution < 1.29 is 63.6 Å². The molecule has 0 unspecified atom stereocenters. The number of carbonyl (C=O) groups is 9. The van der Waals surface area contributed by atoms with Crippen molar-refractivity contribution in [2.75, 3.05) is 26.3 Å². The lowest BCUT2D eigenvalue weighted by Gasteiger charge is -2.32. The molecule has 10 atom stereocenters. The minimum atomic E-state index is -1.65. The molecule has 0 aromatic heterocycles. The van der Waals surface area contributed by atoms with Crippen molar-refractivity contribution in [3.63, 3.8) is 0 Å². The number of rotatable bonds is 24. The molecule has 2 heterocycles. The fourth-order valence-corrected chi connectivity index (χ4v) is 8.05. The first-order valence-corrected chi connectivity index (χ1v) is 22.9. The molecule has 1 aromatic rings. The number of nitrogens with one attached hydrogen (secondary N) is 6. The third-order valence-electron chi connectivity index (χ3n) is 11.8. The Bertz CT molecular complexity index is 1900. The lowest BCUT2D eigenvalue weighted by atomic mass is 10.0. The van der Waals surface area contributed by atoms with Crippen LogP contribution in [0.4, 0.5) is 0 Å². The molecule has 22 heteroatoms. The van der Waals surface area contributed by atoms with E-state index in [4.69, 9.17) is 5.73 Å². The summed E-state index contributed by atoms with van der Waals surface area (Å²) >= 11 is 0. The molecule has 3 rings (SSSR count). The van der Waals surface area contributed by atoms with E-state index in [0.717, 1.165) is 10.5 Å². The maximum atomic E-state index is 14.0. The second kappa shape index (κ2) is 26.0. The van der Waals surface area contributed by atoms with Crippen LogP contribution in [-0.2, 0) is 49.6 Å². The summed E-state index contributed by atoms with van der Waals surface area (Å²) in [5.74, 6) is -8.76. The molecule has 0 saturated carbocycles. The van der Waals surface area contributed by atoms with Gasteiger partial charge in [0.05, 0.1) is 25.4 Å². The Labute approximate surface area is 390 Å². The van der Waals surface area contributed by atoms with Crippen molar-refractivity contribution in [2.24, 2.45) is 23.5 Å². The SMILES string of the molecule is CC(C)C[C@H](NC(=O)[C@@H](NC(=O)[C@@H]1CCCN1C(=O)[C@H](CO)NC(=O)[C@H](CO)NC(=O)[C@@H](NC(=O)[C@@H](N)Cc1ccccc1)C(C)C)[C@@H](C)O)C(=O)N1CCC[C@H]1C(=O)N[C@H](C(=O)O)C(C)C. The molecule has 0 radical (unpaired) electrons. The van der Waals surface area contributed by atoms with Gasteiger partial charge < -0.3 is 67.9 Å². The zero-order chi connectivity index (χ0) is 50.3. The molecule has 67 heavy (non-hydrogen) atoms. The van der Waals surface area contributed by atoms with Crippen molar-refractivity contribution in [3.05, 3.63) is 35.9 Å². The molecular formula is C45H71N9O13. The van der Waals surface area contributed by atoms with Gasteiger partial charge in [-0.15, -0.1) is 0 Å². The number of benzene rings is 1. The second-order valence-corrected chi connectivity index (χ2v) is 18.4. The molecule has 0 bridgehead atoms. The Kier molecular flexibility index (Phi) is 21.6. The standard InChI is InChI=1S/C45H71N9O13/c1-23(2)19-29(43(64)53-17-11-15-32(53)39(60)51-35(25(5)6)45(66)67)47-42(63)36(26(7)57)52-40(61)33-16-12-18-54(33)44(65)31(22-56)49-38(59)30(21-55)48-41(62)34(24(3)4)50-37(58)28(46)20-27-13-9-8-10-14-27/h8-10,13-14,23-26,28-36,55-57H,11-12,15-22,46H2,1-7H3,(H,47,63)(H,48,62)(H,49,59)(H,50,58)(H,51,60)(H,52,61)(H,66,67)/t26-,28+,29+,30+,31+,32+,33+,34+,35+,36+/m1/s1. The van der Waals surface area contributed by atoms with Gasteiger partial charge in [0, 0.05) is 13.1 Å². The van der Waals surface area contributed by atoms with Crippen molar-refractivity contribution in [1.29, 1.82) is 0 Å². The fraction of sp³-hybridized carbons (Fsp3) is 0.667. The quantitative estimate of drug-likeness (QED) is 0.0501. The molecule has 2 aliphatic heterocycles. The van der Waals surface area contributed by atoms with Gasteiger partial charge in [0.25, 0.3) is 0 Å². The Hall–Kier alpha value is -5.71. The molecule has 22 nitrogen and oxygen atoms in total. The van der Waals surface area contributed by atoms with Crippen LogP contribution in [0.1, 0.15) is 86.1 Å². The highest BCUT2D eigenvalue weighted by Gasteiger charge is 2.43. The van der Waals surface area contributed by atoms with Crippen LogP contribution in [0.5, 0.6) is 0 Å². The summed E-state index contributed by atoms with van der Waals surface area (Å²) in [5.41, 5.74) is 6.90.